The molecular weight excluding hydrogens is 382 g/mol. The number of fused-ring (bicyclic) bond motifs is 4. The highest BCUT2D eigenvalue weighted by atomic mass is 32.1. The van der Waals surface area contributed by atoms with E-state index in [1.807, 2.05) is 25.1 Å². The van der Waals surface area contributed by atoms with Crippen LogP contribution < -0.4 is 15.4 Å². The smallest absolute Gasteiger partial charge is 0.256 e. The van der Waals surface area contributed by atoms with Crippen LogP contribution in [0.2, 0.25) is 0 Å². The fraction of sp³-hybridized carbons (Fsp3) is 0.348. The average molecular weight is 408 g/mol. The Morgan fingerprint density at radius 1 is 1.17 bits per heavy atom. The van der Waals surface area contributed by atoms with Crippen LogP contribution in [0.3, 0.4) is 0 Å². The molecule has 6 heteroatoms. The van der Waals surface area contributed by atoms with E-state index < -0.39 is 0 Å². The van der Waals surface area contributed by atoms with Gasteiger partial charge in [0.2, 0.25) is 0 Å². The molecule has 29 heavy (non-hydrogen) atoms. The third-order valence-corrected chi connectivity index (χ3v) is 7.03. The second-order valence-electron chi connectivity index (χ2n) is 7.51. The first-order valence-electron chi connectivity index (χ1n) is 10.3. The molecule has 0 spiro atoms. The predicted octanol–water partition coefficient (Wildman–Crippen LogP) is 4.53. The molecule has 3 aromatic rings. The zero-order valence-electron chi connectivity index (χ0n) is 16.7. The Morgan fingerprint density at radius 3 is 2.86 bits per heavy atom. The van der Waals surface area contributed by atoms with Gasteiger partial charge in [0.15, 0.2) is 0 Å². The third kappa shape index (κ3) is 3.07. The van der Waals surface area contributed by atoms with Crippen LogP contribution in [0.4, 0.5) is 5.00 Å². The van der Waals surface area contributed by atoms with E-state index in [4.69, 9.17) is 4.74 Å². The van der Waals surface area contributed by atoms with Crippen LogP contribution >= 0.6 is 11.3 Å². The fourth-order valence-electron chi connectivity index (χ4n) is 4.44. The maximum Gasteiger partial charge on any atom is 0.256 e. The van der Waals surface area contributed by atoms with Gasteiger partial charge in [-0.1, -0.05) is 37.3 Å². The van der Waals surface area contributed by atoms with Crippen LogP contribution in [-0.2, 0) is 13.0 Å². The lowest BCUT2D eigenvalue weighted by Gasteiger charge is -2.29. The number of nitrogens with zero attached hydrogens (tertiary/aromatic N) is 1. The first kappa shape index (κ1) is 18.5. The number of carbonyl (C=O) groups is 1. The SMILES string of the molecule is CCOc1ccc2ccccc2c1C1NC(=O)c2c(sc3c2CCN(CC)C3)N1. The van der Waals surface area contributed by atoms with Crippen molar-refractivity contribution in [1.29, 1.82) is 0 Å². The van der Waals surface area contributed by atoms with Crippen LogP contribution in [0, 0.1) is 0 Å². The second-order valence-corrected chi connectivity index (χ2v) is 8.61. The summed E-state index contributed by atoms with van der Waals surface area (Å²) >= 11 is 1.73. The van der Waals surface area contributed by atoms with Crippen molar-refractivity contribution in [2.75, 3.05) is 25.0 Å². The van der Waals surface area contributed by atoms with Gasteiger partial charge in [0.1, 0.15) is 16.9 Å². The molecule has 1 unspecified atom stereocenters. The van der Waals surface area contributed by atoms with Gasteiger partial charge < -0.3 is 15.4 Å². The molecule has 1 atom stereocenters. The monoisotopic (exact) mass is 407 g/mol. The summed E-state index contributed by atoms with van der Waals surface area (Å²) in [6.45, 7) is 7.74. The number of likely N-dealkylation sites (N-methyl/N-ethyl adjacent to an activating group) is 1. The minimum Gasteiger partial charge on any atom is -0.493 e. The Bertz CT molecular complexity index is 1090. The molecule has 0 radical (unpaired) electrons. The van der Waals surface area contributed by atoms with E-state index in [1.54, 1.807) is 11.3 Å². The molecule has 0 aliphatic carbocycles. The van der Waals surface area contributed by atoms with Gasteiger partial charge in [-0.3, -0.25) is 9.69 Å². The molecule has 2 aromatic carbocycles. The van der Waals surface area contributed by atoms with Crippen LogP contribution in [0.5, 0.6) is 5.75 Å². The highest BCUT2D eigenvalue weighted by molar-refractivity contribution is 7.16. The summed E-state index contributed by atoms with van der Waals surface area (Å²) in [5, 5.41) is 10.0. The summed E-state index contributed by atoms with van der Waals surface area (Å²) in [4.78, 5) is 16.9. The second kappa shape index (κ2) is 7.35. The minimum absolute atomic E-state index is 0.0154. The molecule has 0 saturated heterocycles. The van der Waals surface area contributed by atoms with E-state index >= 15 is 0 Å². The number of hydrogen-bond donors (Lipinski definition) is 2. The number of nitrogens with one attached hydrogen (secondary N) is 2. The largest absolute Gasteiger partial charge is 0.493 e. The topological polar surface area (TPSA) is 53.6 Å². The number of anilines is 1. The van der Waals surface area contributed by atoms with Crippen molar-refractivity contribution >= 4 is 33.0 Å². The Hall–Kier alpha value is -2.57. The van der Waals surface area contributed by atoms with E-state index in [2.05, 4.69) is 40.7 Å². The third-order valence-electron chi connectivity index (χ3n) is 5.88. The summed E-state index contributed by atoms with van der Waals surface area (Å²) in [6.07, 6.45) is 0.623. The van der Waals surface area contributed by atoms with Crippen molar-refractivity contribution in [3.05, 3.63) is 58.0 Å². The molecule has 5 nitrogen and oxygen atoms in total. The molecule has 2 aliphatic rings. The zero-order chi connectivity index (χ0) is 20.0. The van der Waals surface area contributed by atoms with Crippen molar-refractivity contribution in [3.8, 4) is 5.75 Å². The maximum atomic E-state index is 13.2. The molecule has 2 N–H and O–H groups in total. The Morgan fingerprint density at radius 2 is 2.03 bits per heavy atom. The van der Waals surface area contributed by atoms with Gasteiger partial charge in [-0.25, -0.2) is 0 Å². The van der Waals surface area contributed by atoms with Crippen LogP contribution in [0.15, 0.2) is 36.4 Å². The minimum atomic E-state index is -0.315. The quantitative estimate of drug-likeness (QED) is 0.667. The van der Waals surface area contributed by atoms with Crippen molar-refractivity contribution in [2.45, 2.75) is 33.0 Å². The Labute approximate surface area is 174 Å². The van der Waals surface area contributed by atoms with Crippen LogP contribution in [0.25, 0.3) is 10.8 Å². The highest BCUT2D eigenvalue weighted by Crippen LogP contribution is 2.43. The maximum absolute atomic E-state index is 13.2. The van der Waals surface area contributed by atoms with Gasteiger partial charge in [0.25, 0.3) is 5.91 Å². The number of benzene rings is 2. The van der Waals surface area contributed by atoms with Crippen molar-refractivity contribution < 1.29 is 9.53 Å². The standard InChI is InChI=1S/C23H25N3O2S/c1-3-26-12-11-16-18(13-26)29-23-20(16)22(27)24-21(25-23)19-15-8-6-5-7-14(15)9-10-17(19)28-4-2/h5-10,21,25H,3-4,11-13H2,1-2H3,(H,24,27). The lowest BCUT2D eigenvalue weighted by molar-refractivity contribution is 0.0934. The van der Waals surface area contributed by atoms with E-state index in [9.17, 15) is 4.79 Å². The van der Waals surface area contributed by atoms with Gasteiger partial charge >= 0.3 is 0 Å². The van der Waals surface area contributed by atoms with Crippen molar-refractivity contribution in [3.63, 3.8) is 0 Å². The lowest BCUT2D eigenvalue weighted by Crippen LogP contribution is -2.39. The van der Waals surface area contributed by atoms with Gasteiger partial charge in [0, 0.05) is 23.5 Å². The van der Waals surface area contributed by atoms with Crippen LogP contribution in [0.1, 0.15) is 46.4 Å². The number of rotatable bonds is 4. The summed E-state index contributed by atoms with van der Waals surface area (Å²) in [5.41, 5.74) is 3.06. The van der Waals surface area contributed by atoms with Crippen molar-refractivity contribution in [2.24, 2.45) is 0 Å². The summed E-state index contributed by atoms with van der Waals surface area (Å²) in [7, 11) is 0. The molecule has 0 fully saturated rings. The normalized spacial score (nSPS) is 18.7. The molecule has 3 heterocycles. The van der Waals surface area contributed by atoms with Crippen molar-refractivity contribution in [1.82, 2.24) is 10.2 Å². The molecule has 150 valence electrons. The molecule has 2 aliphatic heterocycles. The first-order valence-corrected chi connectivity index (χ1v) is 11.1. The molecule has 0 saturated carbocycles. The first-order chi connectivity index (χ1) is 14.2. The predicted molar refractivity (Wildman–Crippen MR) is 118 cm³/mol. The van der Waals surface area contributed by atoms with E-state index in [0.29, 0.717) is 6.61 Å². The fourth-order valence-corrected chi connectivity index (χ4v) is 5.75. The molecule has 0 bridgehead atoms. The molecule has 5 rings (SSSR count). The van der Waals surface area contributed by atoms with Crippen LogP contribution in [-0.4, -0.2) is 30.5 Å². The number of amides is 1. The molecule has 1 amide bonds. The van der Waals surface area contributed by atoms with Gasteiger partial charge in [-0.15, -0.1) is 11.3 Å². The van der Waals surface area contributed by atoms with Gasteiger partial charge in [-0.2, -0.15) is 0 Å². The van der Waals surface area contributed by atoms with Gasteiger partial charge in [0.05, 0.1) is 12.2 Å². The average Bonchev–Trinajstić information content (AvgIpc) is 3.11. The zero-order valence-corrected chi connectivity index (χ0v) is 17.6. The number of hydrogen-bond acceptors (Lipinski definition) is 5. The molecular formula is C23H25N3O2S. The highest BCUT2D eigenvalue weighted by Gasteiger charge is 2.34. The Balaban J connectivity index is 1.58. The summed E-state index contributed by atoms with van der Waals surface area (Å²) < 4.78 is 5.94. The van der Waals surface area contributed by atoms with E-state index in [1.165, 1.54) is 10.4 Å². The van der Waals surface area contributed by atoms with E-state index in [-0.39, 0.29) is 12.1 Å². The van der Waals surface area contributed by atoms with Gasteiger partial charge in [-0.05, 0) is 42.3 Å². The lowest BCUT2D eigenvalue weighted by atomic mass is 9.97. The summed E-state index contributed by atoms with van der Waals surface area (Å²) in [6, 6.07) is 12.3. The Kier molecular flexibility index (Phi) is 4.68. The number of thiophene rings is 1. The molecule has 1 aromatic heterocycles. The van der Waals surface area contributed by atoms with E-state index in [0.717, 1.165) is 58.7 Å². The number of carbonyl (C=O) groups excluding carboxylic acids is 1. The summed E-state index contributed by atoms with van der Waals surface area (Å²) in [5.74, 6) is 0.826. The number of ether oxygens (including phenoxy) is 1.